The summed E-state index contributed by atoms with van der Waals surface area (Å²) in [7, 11) is 0. The lowest BCUT2D eigenvalue weighted by molar-refractivity contribution is -0.167. The average Bonchev–Trinajstić information content (AvgIpc) is 3.29. The fourth-order valence-corrected chi connectivity index (χ4v) is 7.23. The van der Waals surface area contributed by atoms with Crippen LogP contribution in [0.2, 0.25) is 0 Å². The number of carbonyl (C=O) groups excluding carboxylic acids is 3. The first-order valence-corrected chi connectivity index (χ1v) is 26.6. The molecule has 64 heavy (non-hydrogen) atoms. The van der Waals surface area contributed by atoms with E-state index in [1.54, 1.807) is 0 Å². The van der Waals surface area contributed by atoms with Gasteiger partial charge in [-0.25, -0.2) is 0 Å². The fourth-order valence-electron chi connectivity index (χ4n) is 7.23. The second-order valence-electron chi connectivity index (χ2n) is 17.5. The van der Waals surface area contributed by atoms with Crippen molar-refractivity contribution < 1.29 is 28.6 Å². The molecule has 0 spiro atoms. The second kappa shape index (κ2) is 52.2. The molecule has 0 saturated carbocycles. The minimum Gasteiger partial charge on any atom is -0.462 e. The Morgan fingerprint density at radius 3 is 1.16 bits per heavy atom. The maximum Gasteiger partial charge on any atom is 0.306 e. The lowest BCUT2D eigenvalue weighted by Crippen LogP contribution is -2.30. The van der Waals surface area contributed by atoms with E-state index in [2.05, 4.69) is 87.6 Å². The Bertz CT molecular complexity index is 1250. The maximum absolute atomic E-state index is 12.8. The molecule has 0 amide bonds. The topological polar surface area (TPSA) is 78.9 Å². The predicted octanol–water partition coefficient (Wildman–Crippen LogP) is 17.6. The van der Waals surface area contributed by atoms with E-state index >= 15 is 0 Å². The highest BCUT2D eigenvalue weighted by Crippen LogP contribution is 2.15. The highest BCUT2D eigenvalue weighted by atomic mass is 16.6. The van der Waals surface area contributed by atoms with E-state index in [4.69, 9.17) is 14.2 Å². The van der Waals surface area contributed by atoms with Crippen LogP contribution in [0.5, 0.6) is 0 Å². The van der Waals surface area contributed by atoms with Gasteiger partial charge >= 0.3 is 17.9 Å². The molecule has 6 nitrogen and oxygen atoms in total. The molecule has 0 N–H and O–H groups in total. The third-order valence-corrected chi connectivity index (χ3v) is 11.2. The molecular weight excluding hydrogens is 793 g/mol. The molecule has 0 aromatic heterocycles. The van der Waals surface area contributed by atoms with Crippen molar-refractivity contribution in [3.63, 3.8) is 0 Å². The molecule has 0 aromatic rings. The first-order chi connectivity index (χ1) is 31.5. The van der Waals surface area contributed by atoms with Crippen LogP contribution in [0.15, 0.2) is 85.1 Å². The van der Waals surface area contributed by atoms with Crippen molar-refractivity contribution in [2.24, 2.45) is 0 Å². The number of rotatable bonds is 47. The Balaban J connectivity index is 4.50. The van der Waals surface area contributed by atoms with E-state index in [9.17, 15) is 14.4 Å². The van der Waals surface area contributed by atoms with Gasteiger partial charge in [-0.1, -0.05) is 241 Å². The van der Waals surface area contributed by atoms with Crippen molar-refractivity contribution in [2.45, 2.75) is 252 Å². The zero-order valence-corrected chi connectivity index (χ0v) is 41.8. The van der Waals surface area contributed by atoms with Crippen molar-refractivity contribution in [1.29, 1.82) is 0 Å². The summed E-state index contributed by atoms with van der Waals surface area (Å²) in [6.07, 6.45) is 67.1. The highest BCUT2D eigenvalue weighted by Gasteiger charge is 2.19. The van der Waals surface area contributed by atoms with Gasteiger partial charge in [-0.2, -0.15) is 0 Å². The fraction of sp³-hybridized carbons (Fsp3) is 0.707. The van der Waals surface area contributed by atoms with Crippen LogP contribution in [-0.2, 0) is 28.6 Å². The molecule has 1 atom stereocenters. The maximum atomic E-state index is 12.8. The van der Waals surface area contributed by atoms with Crippen molar-refractivity contribution in [3.8, 4) is 0 Å². The van der Waals surface area contributed by atoms with Gasteiger partial charge in [0.25, 0.3) is 0 Å². The van der Waals surface area contributed by atoms with Crippen LogP contribution in [0, 0.1) is 0 Å². The van der Waals surface area contributed by atoms with E-state index in [0.717, 1.165) is 83.5 Å². The molecule has 0 aromatic carbocycles. The van der Waals surface area contributed by atoms with Crippen LogP contribution in [0.4, 0.5) is 0 Å². The largest absolute Gasteiger partial charge is 0.462 e. The summed E-state index contributed by atoms with van der Waals surface area (Å²) in [5.41, 5.74) is 0. The first kappa shape index (κ1) is 60.6. The van der Waals surface area contributed by atoms with Crippen LogP contribution in [0.1, 0.15) is 245 Å². The first-order valence-electron chi connectivity index (χ1n) is 26.6. The summed E-state index contributed by atoms with van der Waals surface area (Å²) >= 11 is 0. The molecule has 366 valence electrons. The Morgan fingerprint density at radius 2 is 0.688 bits per heavy atom. The van der Waals surface area contributed by atoms with Gasteiger partial charge in [0.1, 0.15) is 13.2 Å². The Kier molecular flexibility index (Phi) is 49.4. The summed E-state index contributed by atoms with van der Waals surface area (Å²) in [5.74, 6) is -0.977. The van der Waals surface area contributed by atoms with Crippen LogP contribution in [-0.4, -0.2) is 37.2 Å². The quantitative estimate of drug-likeness (QED) is 0.0199. The number of hydrogen-bond acceptors (Lipinski definition) is 6. The summed E-state index contributed by atoms with van der Waals surface area (Å²) in [5, 5.41) is 0. The highest BCUT2D eigenvalue weighted by molar-refractivity contribution is 5.71. The van der Waals surface area contributed by atoms with Gasteiger partial charge in [-0.05, 0) is 70.6 Å². The summed E-state index contributed by atoms with van der Waals surface area (Å²) in [6.45, 7) is 6.43. The number of carbonyl (C=O) groups is 3. The molecular formula is C58H98O6. The van der Waals surface area contributed by atoms with Gasteiger partial charge in [-0.3, -0.25) is 14.4 Å². The van der Waals surface area contributed by atoms with Gasteiger partial charge in [0, 0.05) is 19.3 Å². The monoisotopic (exact) mass is 891 g/mol. The number of ether oxygens (including phenoxy) is 3. The van der Waals surface area contributed by atoms with Crippen molar-refractivity contribution in [2.75, 3.05) is 13.2 Å². The van der Waals surface area contributed by atoms with Crippen LogP contribution >= 0.6 is 0 Å². The molecule has 0 rings (SSSR count). The van der Waals surface area contributed by atoms with E-state index in [1.165, 1.54) is 116 Å². The molecule has 0 aliphatic heterocycles. The minimum atomic E-state index is -0.807. The second-order valence-corrected chi connectivity index (χ2v) is 17.5. The SMILES string of the molecule is CC\C=C/C=C\C=C/C=C\CCCCCCCC(=O)OC(COC(=O)CCC/C=C\C/C=C\C/C=C\CCCCCCCC)COC(=O)CCCCCCCCCCCCCCCC. The molecule has 1 unspecified atom stereocenters. The molecule has 0 radical (unpaired) electrons. The lowest BCUT2D eigenvalue weighted by Gasteiger charge is -2.18. The van der Waals surface area contributed by atoms with Crippen LogP contribution in [0.25, 0.3) is 0 Å². The molecule has 6 heteroatoms. The molecule has 0 saturated heterocycles. The summed E-state index contributed by atoms with van der Waals surface area (Å²) < 4.78 is 16.8. The Hall–Kier alpha value is -3.41. The predicted molar refractivity (Wildman–Crippen MR) is 274 cm³/mol. The Labute approximate surface area is 395 Å². The zero-order chi connectivity index (χ0) is 46.5. The van der Waals surface area contributed by atoms with Gasteiger partial charge in [-0.15, -0.1) is 0 Å². The van der Waals surface area contributed by atoms with E-state index in [1.807, 2.05) is 18.2 Å². The van der Waals surface area contributed by atoms with Crippen molar-refractivity contribution in [3.05, 3.63) is 85.1 Å². The van der Waals surface area contributed by atoms with Gasteiger partial charge in [0.15, 0.2) is 6.10 Å². The number of allylic oxidation sites excluding steroid dienone is 14. The third kappa shape index (κ3) is 49.6. The van der Waals surface area contributed by atoms with E-state index < -0.39 is 6.10 Å². The van der Waals surface area contributed by atoms with Crippen molar-refractivity contribution in [1.82, 2.24) is 0 Å². The van der Waals surface area contributed by atoms with Gasteiger partial charge in [0.2, 0.25) is 0 Å². The lowest BCUT2D eigenvalue weighted by atomic mass is 10.0. The molecule has 0 heterocycles. The standard InChI is InChI=1S/C58H98O6/c1-4-7-10-13-16-19-22-25-28-29-31-33-36-39-42-45-48-51-57(60)63-54-55(53-62-56(59)50-47-44-41-38-35-32-27-24-21-18-15-12-9-6-3)64-58(61)52-49-46-43-40-37-34-30-26-23-20-17-14-11-8-5-2/h8,11,14,17,20,23,25-26,28,30-31,33,39,42,55H,4-7,9-10,12-13,15-16,18-19,21-22,24,27,29,32,34-38,40-41,43-54H2,1-3H3/b11-8-,17-14-,23-20-,28-25-,30-26-,33-31-,42-39-. The van der Waals surface area contributed by atoms with Crippen LogP contribution < -0.4 is 0 Å². The number of hydrogen-bond donors (Lipinski definition) is 0. The minimum absolute atomic E-state index is 0.101. The zero-order valence-electron chi connectivity index (χ0n) is 41.8. The smallest absolute Gasteiger partial charge is 0.306 e. The van der Waals surface area contributed by atoms with E-state index in [0.29, 0.717) is 19.3 Å². The molecule has 0 aliphatic rings. The molecule has 0 aliphatic carbocycles. The Morgan fingerprint density at radius 1 is 0.344 bits per heavy atom. The van der Waals surface area contributed by atoms with E-state index in [-0.39, 0.29) is 37.5 Å². The van der Waals surface area contributed by atoms with Crippen molar-refractivity contribution >= 4 is 17.9 Å². The van der Waals surface area contributed by atoms with Gasteiger partial charge < -0.3 is 14.2 Å². The molecule has 0 bridgehead atoms. The summed E-state index contributed by atoms with van der Waals surface area (Å²) in [6, 6.07) is 0. The number of unbranched alkanes of at least 4 members (excludes halogenated alkanes) is 25. The summed E-state index contributed by atoms with van der Waals surface area (Å²) in [4.78, 5) is 38.0. The van der Waals surface area contributed by atoms with Gasteiger partial charge in [0.05, 0.1) is 0 Å². The third-order valence-electron chi connectivity index (χ3n) is 11.2. The molecule has 0 fully saturated rings. The normalized spacial score (nSPS) is 12.7. The average molecular weight is 891 g/mol. The van der Waals surface area contributed by atoms with Crippen LogP contribution in [0.3, 0.4) is 0 Å². The number of esters is 3.